The number of imidazole rings is 1. The van der Waals surface area contributed by atoms with Gasteiger partial charge in [0.15, 0.2) is 0 Å². The summed E-state index contributed by atoms with van der Waals surface area (Å²) < 4.78 is 0. The number of nitrogens with zero attached hydrogens (tertiary/aromatic N) is 1. The number of rotatable bonds is 2. The average Bonchev–Trinajstić information content (AvgIpc) is 2.59. The zero-order chi connectivity index (χ0) is 9.26. The van der Waals surface area contributed by atoms with E-state index < -0.39 is 0 Å². The Kier molecular flexibility index (Phi) is 1.87. The molecule has 0 saturated heterocycles. The minimum Gasteiger partial charge on any atom is -0.338 e. The van der Waals surface area contributed by atoms with Crippen molar-refractivity contribution in [2.24, 2.45) is 5.73 Å². The summed E-state index contributed by atoms with van der Waals surface area (Å²) in [4.78, 5) is 7.50. The summed E-state index contributed by atoms with van der Waals surface area (Å²) in [5, 5.41) is 0. The van der Waals surface area contributed by atoms with Crippen molar-refractivity contribution in [1.82, 2.24) is 9.97 Å². The van der Waals surface area contributed by atoms with Gasteiger partial charge in [-0.05, 0) is 12.1 Å². The van der Waals surface area contributed by atoms with Gasteiger partial charge in [-0.25, -0.2) is 4.98 Å². The Bertz CT molecular complexity index is 409. The zero-order valence-electron chi connectivity index (χ0n) is 7.25. The van der Waals surface area contributed by atoms with E-state index in [9.17, 15) is 0 Å². The first-order chi connectivity index (χ1) is 6.31. The number of aromatic amines is 1. The number of nitrogens with two attached hydrogens (primary N) is 1. The van der Waals surface area contributed by atoms with E-state index in [0.717, 1.165) is 22.4 Å². The van der Waals surface area contributed by atoms with E-state index in [2.05, 4.69) is 16.5 Å². The molecule has 0 unspecified atom stereocenters. The Labute approximate surface area is 76.3 Å². The maximum Gasteiger partial charge on any atom is 0.135 e. The first-order valence-corrected chi connectivity index (χ1v) is 4.14. The van der Waals surface area contributed by atoms with Crippen LogP contribution in [0.1, 0.15) is 5.82 Å². The van der Waals surface area contributed by atoms with E-state index in [-0.39, 0.29) is 0 Å². The molecule has 2 aromatic rings. The van der Waals surface area contributed by atoms with Gasteiger partial charge < -0.3 is 10.7 Å². The molecular formula is C10H11N3. The molecule has 0 aliphatic rings. The minimum atomic E-state index is 0.430. The number of H-pyrrole nitrogens is 1. The molecule has 1 heterocycles. The summed E-state index contributed by atoms with van der Waals surface area (Å²) >= 11 is 0. The molecule has 3 nitrogen and oxygen atoms in total. The van der Waals surface area contributed by atoms with E-state index in [4.69, 9.17) is 5.73 Å². The lowest BCUT2D eigenvalue weighted by Gasteiger charge is -1.93. The third kappa shape index (κ3) is 1.34. The van der Waals surface area contributed by atoms with Crippen LogP contribution in [0.4, 0.5) is 0 Å². The van der Waals surface area contributed by atoms with Crippen LogP contribution in [-0.2, 0) is 0 Å². The van der Waals surface area contributed by atoms with Crippen molar-refractivity contribution in [2.75, 3.05) is 6.54 Å². The molecule has 0 aliphatic carbocycles. The Morgan fingerprint density at radius 1 is 1.46 bits per heavy atom. The second-order valence-electron chi connectivity index (χ2n) is 2.91. The molecule has 0 spiro atoms. The second-order valence-corrected chi connectivity index (χ2v) is 2.91. The smallest absolute Gasteiger partial charge is 0.135 e. The highest BCUT2D eigenvalue weighted by atomic mass is 14.9. The SMILES string of the molecule is C=C(CN)c1nc2ccccc2[nH]1. The first kappa shape index (κ1) is 8.01. The van der Waals surface area contributed by atoms with Gasteiger partial charge in [-0.3, -0.25) is 0 Å². The maximum absolute atomic E-state index is 5.47. The highest BCUT2D eigenvalue weighted by molar-refractivity contribution is 5.78. The normalized spacial score (nSPS) is 10.5. The number of hydrogen-bond donors (Lipinski definition) is 2. The maximum atomic E-state index is 5.47. The molecule has 0 radical (unpaired) electrons. The Morgan fingerprint density at radius 3 is 2.92 bits per heavy atom. The number of aromatic nitrogens is 2. The van der Waals surface area contributed by atoms with Crippen LogP contribution in [0.3, 0.4) is 0 Å². The van der Waals surface area contributed by atoms with Gasteiger partial charge in [0, 0.05) is 12.1 Å². The number of hydrogen-bond acceptors (Lipinski definition) is 2. The monoisotopic (exact) mass is 173 g/mol. The summed E-state index contributed by atoms with van der Waals surface area (Å²) in [7, 11) is 0. The molecule has 0 fully saturated rings. The van der Waals surface area contributed by atoms with E-state index in [1.165, 1.54) is 0 Å². The number of para-hydroxylation sites is 2. The Balaban J connectivity index is 2.56. The molecule has 1 aromatic heterocycles. The van der Waals surface area contributed by atoms with Crippen LogP contribution < -0.4 is 5.73 Å². The summed E-state index contributed by atoms with van der Waals surface area (Å²) in [6, 6.07) is 7.86. The molecule has 0 aliphatic heterocycles. The molecular weight excluding hydrogens is 162 g/mol. The van der Waals surface area contributed by atoms with E-state index in [1.807, 2.05) is 24.3 Å². The second kappa shape index (κ2) is 3.03. The van der Waals surface area contributed by atoms with Crippen molar-refractivity contribution >= 4 is 16.6 Å². The van der Waals surface area contributed by atoms with Gasteiger partial charge in [-0.15, -0.1) is 0 Å². The largest absolute Gasteiger partial charge is 0.338 e. The summed E-state index contributed by atoms with van der Waals surface area (Å²) in [6.07, 6.45) is 0. The van der Waals surface area contributed by atoms with E-state index in [0.29, 0.717) is 6.54 Å². The van der Waals surface area contributed by atoms with Gasteiger partial charge in [-0.2, -0.15) is 0 Å². The fraction of sp³-hybridized carbons (Fsp3) is 0.100. The average molecular weight is 173 g/mol. The molecule has 0 amide bonds. The molecule has 66 valence electrons. The van der Waals surface area contributed by atoms with Gasteiger partial charge in [0.05, 0.1) is 11.0 Å². The van der Waals surface area contributed by atoms with Crippen molar-refractivity contribution < 1.29 is 0 Å². The van der Waals surface area contributed by atoms with Gasteiger partial charge in [0.1, 0.15) is 5.82 Å². The number of benzene rings is 1. The first-order valence-electron chi connectivity index (χ1n) is 4.14. The van der Waals surface area contributed by atoms with Crippen molar-refractivity contribution in [1.29, 1.82) is 0 Å². The molecule has 0 atom stereocenters. The zero-order valence-corrected chi connectivity index (χ0v) is 7.25. The molecule has 0 bridgehead atoms. The standard InChI is InChI=1S/C10H11N3/c1-7(6-11)10-12-8-4-2-3-5-9(8)13-10/h2-5H,1,6,11H2,(H,12,13). The van der Waals surface area contributed by atoms with Crippen molar-refractivity contribution in [3.05, 3.63) is 36.7 Å². The lowest BCUT2D eigenvalue weighted by Crippen LogP contribution is -2.01. The third-order valence-corrected chi connectivity index (χ3v) is 1.97. The molecule has 0 saturated carbocycles. The topological polar surface area (TPSA) is 54.7 Å². The summed E-state index contributed by atoms with van der Waals surface area (Å²) in [5.74, 6) is 0.781. The molecule has 13 heavy (non-hydrogen) atoms. The van der Waals surface area contributed by atoms with Crippen molar-refractivity contribution in [3.63, 3.8) is 0 Å². The van der Waals surface area contributed by atoms with E-state index >= 15 is 0 Å². The lowest BCUT2D eigenvalue weighted by atomic mass is 10.3. The van der Waals surface area contributed by atoms with Crippen LogP contribution in [-0.4, -0.2) is 16.5 Å². The fourth-order valence-corrected chi connectivity index (χ4v) is 1.22. The Hall–Kier alpha value is -1.61. The quantitative estimate of drug-likeness (QED) is 0.723. The predicted molar refractivity (Wildman–Crippen MR) is 54.2 cm³/mol. The Morgan fingerprint density at radius 2 is 2.23 bits per heavy atom. The van der Waals surface area contributed by atoms with Crippen LogP contribution in [0.2, 0.25) is 0 Å². The van der Waals surface area contributed by atoms with Gasteiger partial charge >= 0.3 is 0 Å². The highest BCUT2D eigenvalue weighted by Crippen LogP contribution is 2.14. The number of fused-ring (bicyclic) bond motifs is 1. The van der Waals surface area contributed by atoms with E-state index in [1.54, 1.807) is 0 Å². The van der Waals surface area contributed by atoms with Gasteiger partial charge in [0.2, 0.25) is 0 Å². The van der Waals surface area contributed by atoms with Crippen LogP contribution in [0.15, 0.2) is 30.8 Å². The number of nitrogens with one attached hydrogen (secondary N) is 1. The highest BCUT2D eigenvalue weighted by Gasteiger charge is 2.02. The summed E-state index contributed by atoms with van der Waals surface area (Å²) in [5.41, 5.74) is 8.27. The van der Waals surface area contributed by atoms with Crippen LogP contribution in [0, 0.1) is 0 Å². The molecule has 3 heteroatoms. The predicted octanol–water partition coefficient (Wildman–Crippen LogP) is 1.53. The van der Waals surface area contributed by atoms with Gasteiger partial charge in [0.25, 0.3) is 0 Å². The third-order valence-electron chi connectivity index (χ3n) is 1.97. The van der Waals surface area contributed by atoms with Crippen molar-refractivity contribution in [3.8, 4) is 0 Å². The summed E-state index contributed by atoms with van der Waals surface area (Å²) in [6.45, 7) is 4.25. The van der Waals surface area contributed by atoms with Crippen LogP contribution in [0.5, 0.6) is 0 Å². The lowest BCUT2D eigenvalue weighted by molar-refractivity contribution is 1.18. The molecule has 1 aromatic carbocycles. The van der Waals surface area contributed by atoms with Gasteiger partial charge in [-0.1, -0.05) is 18.7 Å². The minimum absolute atomic E-state index is 0.430. The van der Waals surface area contributed by atoms with Crippen molar-refractivity contribution in [2.45, 2.75) is 0 Å². The van der Waals surface area contributed by atoms with Crippen LogP contribution >= 0.6 is 0 Å². The van der Waals surface area contributed by atoms with Crippen LogP contribution in [0.25, 0.3) is 16.6 Å². The molecule has 2 rings (SSSR count). The fourth-order valence-electron chi connectivity index (χ4n) is 1.22. The molecule has 3 N–H and O–H groups in total.